The van der Waals surface area contributed by atoms with E-state index in [2.05, 4.69) is 5.32 Å². The fraction of sp³-hybridized carbons (Fsp3) is 0.500. The van der Waals surface area contributed by atoms with Gasteiger partial charge in [-0.05, 0) is 56.6 Å². The summed E-state index contributed by atoms with van der Waals surface area (Å²) in [7, 11) is -1.63. The normalized spacial score (nSPS) is 20.3. The molecule has 1 aromatic carbocycles. The zero-order valence-electron chi connectivity index (χ0n) is 12.1. The maximum absolute atomic E-state index is 12.6. The average Bonchev–Trinajstić information content (AvgIpc) is 2.48. The molecule has 1 aromatic rings. The molecule has 0 spiro atoms. The zero-order chi connectivity index (χ0) is 15.5. The van der Waals surface area contributed by atoms with Gasteiger partial charge in [0.05, 0.1) is 4.90 Å². The Hall–Kier alpha value is -1.44. The molecular weight excluding hydrogens is 290 g/mol. The van der Waals surface area contributed by atoms with Gasteiger partial charge >= 0.3 is 0 Å². The second-order valence-electron chi connectivity index (χ2n) is 5.32. The van der Waals surface area contributed by atoms with E-state index in [1.807, 2.05) is 7.05 Å². The number of carbonyl (C=O) groups excluding carboxylic acids is 1. The first-order valence-corrected chi connectivity index (χ1v) is 8.44. The van der Waals surface area contributed by atoms with Crippen molar-refractivity contribution in [3.63, 3.8) is 0 Å². The number of piperidine rings is 1. The number of hydrogen-bond acceptors (Lipinski definition) is 4. The van der Waals surface area contributed by atoms with E-state index in [0.29, 0.717) is 24.6 Å². The molecule has 1 amide bonds. The Morgan fingerprint density at radius 2 is 2.05 bits per heavy atom. The number of nitrogens with zero attached hydrogens (tertiary/aromatic N) is 1. The summed E-state index contributed by atoms with van der Waals surface area (Å²) in [6, 6.07) is 5.78. The summed E-state index contributed by atoms with van der Waals surface area (Å²) in [6.45, 7) is 1.88. The Bertz CT molecular complexity index is 596. The fourth-order valence-corrected chi connectivity index (χ4v) is 4.20. The SMILES string of the molecule is CNCC1CCCN(S(=O)(=O)c2ccc(C(N)=O)cc2)C1. The van der Waals surface area contributed by atoms with E-state index in [-0.39, 0.29) is 4.90 Å². The molecule has 2 rings (SSSR count). The molecule has 21 heavy (non-hydrogen) atoms. The van der Waals surface area contributed by atoms with Crippen molar-refractivity contribution in [1.82, 2.24) is 9.62 Å². The fourth-order valence-electron chi connectivity index (χ4n) is 2.64. The standard InChI is InChI=1S/C14H21N3O3S/c1-16-9-11-3-2-8-17(10-11)21(19,20)13-6-4-12(5-7-13)14(15)18/h4-7,11,16H,2-3,8-10H2,1H3,(H2,15,18). The highest BCUT2D eigenvalue weighted by molar-refractivity contribution is 7.89. The molecule has 116 valence electrons. The van der Waals surface area contributed by atoms with Gasteiger partial charge in [0.2, 0.25) is 15.9 Å². The predicted molar refractivity (Wildman–Crippen MR) is 80.4 cm³/mol. The van der Waals surface area contributed by atoms with Crippen LogP contribution in [0.2, 0.25) is 0 Å². The summed E-state index contributed by atoms with van der Waals surface area (Å²) in [5.74, 6) is -0.227. The molecule has 6 nitrogen and oxygen atoms in total. The molecule has 1 aliphatic heterocycles. The first-order chi connectivity index (χ1) is 9.95. The molecule has 1 atom stereocenters. The van der Waals surface area contributed by atoms with E-state index in [0.717, 1.165) is 19.4 Å². The topological polar surface area (TPSA) is 92.5 Å². The Morgan fingerprint density at radius 3 is 2.62 bits per heavy atom. The zero-order valence-corrected chi connectivity index (χ0v) is 12.9. The number of primary amides is 1. The number of hydrogen-bond donors (Lipinski definition) is 2. The third-order valence-electron chi connectivity index (χ3n) is 3.75. The Labute approximate surface area is 125 Å². The van der Waals surface area contributed by atoms with Crippen LogP contribution in [0.1, 0.15) is 23.2 Å². The smallest absolute Gasteiger partial charge is 0.248 e. The van der Waals surface area contributed by atoms with Gasteiger partial charge in [-0.15, -0.1) is 0 Å². The number of carbonyl (C=O) groups is 1. The lowest BCUT2D eigenvalue weighted by Crippen LogP contribution is -2.42. The third kappa shape index (κ3) is 3.61. The number of nitrogens with two attached hydrogens (primary N) is 1. The van der Waals surface area contributed by atoms with E-state index >= 15 is 0 Å². The summed E-state index contributed by atoms with van der Waals surface area (Å²) in [5, 5.41) is 3.10. The van der Waals surface area contributed by atoms with Crippen LogP contribution >= 0.6 is 0 Å². The summed E-state index contributed by atoms with van der Waals surface area (Å²) >= 11 is 0. The molecule has 0 radical (unpaired) electrons. The van der Waals surface area contributed by atoms with Crippen molar-refractivity contribution >= 4 is 15.9 Å². The van der Waals surface area contributed by atoms with Gasteiger partial charge in [0, 0.05) is 18.7 Å². The molecule has 1 unspecified atom stereocenters. The van der Waals surface area contributed by atoms with E-state index in [9.17, 15) is 13.2 Å². The Kier molecular flexibility index (Phi) is 4.97. The van der Waals surface area contributed by atoms with Gasteiger partial charge in [-0.1, -0.05) is 0 Å². The first-order valence-electron chi connectivity index (χ1n) is 6.99. The van der Waals surface area contributed by atoms with Crippen LogP contribution in [0, 0.1) is 5.92 Å². The van der Waals surface area contributed by atoms with Gasteiger partial charge in [-0.3, -0.25) is 4.79 Å². The molecular formula is C14H21N3O3S. The van der Waals surface area contributed by atoms with E-state index in [4.69, 9.17) is 5.73 Å². The Morgan fingerprint density at radius 1 is 1.38 bits per heavy atom. The maximum atomic E-state index is 12.6. The van der Waals surface area contributed by atoms with Crippen molar-refractivity contribution in [2.45, 2.75) is 17.7 Å². The first kappa shape index (κ1) is 15.9. The molecule has 1 aliphatic rings. The van der Waals surface area contributed by atoms with Crippen LogP contribution < -0.4 is 11.1 Å². The van der Waals surface area contributed by atoms with Crippen LogP contribution in [0.25, 0.3) is 0 Å². The lowest BCUT2D eigenvalue weighted by Gasteiger charge is -2.31. The quantitative estimate of drug-likeness (QED) is 0.823. The second kappa shape index (κ2) is 6.55. The third-order valence-corrected chi connectivity index (χ3v) is 5.63. The van der Waals surface area contributed by atoms with Gasteiger partial charge in [0.25, 0.3) is 0 Å². The Balaban J connectivity index is 2.18. The average molecular weight is 311 g/mol. The van der Waals surface area contributed by atoms with Gasteiger partial charge < -0.3 is 11.1 Å². The highest BCUT2D eigenvalue weighted by Crippen LogP contribution is 2.23. The van der Waals surface area contributed by atoms with Crippen LogP contribution in [0.4, 0.5) is 0 Å². The lowest BCUT2D eigenvalue weighted by atomic mass is 10.00. The summed E-state index contributed by atoms with van der Waals surface area (Å²) < 4.78 is 26.7. The minimum Gasteiger partial charge on any atom is -0.366 e. The second-order valence-corrected chi connectivity index (χ2v) is 7.26. The van der Waals surface area contributed by atoms with Crippen molar-refractivity contribution in [2.75, 3.05) is 26.7 Å². The highest BCUT2D eigenvalue weighted by Gasteiger charge is 2.29. The molecule has 0 saturated carbocycles. The van der Waals surface area contributed by atoms with Crippen molar-refractivity contribution in [3.05, 3.63) is 29.8 Å². The molecule has 1 fully saturated rings. The molecule has 1 saturated heterocycles. The number of benzene rings is 1. The van der Waals surface area contributed by atoms with Crippen molar-refractivity contribution in [3.8, 4) is 0 Å². The largest absolute Gasteiger partial charge is 0.366 e. The number of amides is 1. The number of rotatable bonds is 5. The van der Waals surface area contributed by atoms with Gasteiger partial charge in [-0.2, -0.15) is 4.31 Å². The molecule has 0 aromatic heterocycles. The summed E-state index contributed by atoms with van der Waals surface area (Å²) in [4.78, 5) is 11.2. The van der Waals surface area contributed by atoms with Gasteiger partial charge in [-0.25, -0.2) is 8.42 Å². The van der Waals surface area contributed by atoms with Gasteiger partial charge in [0.1, 0.15) is 0 Å². The molecule has 0 aliphatic carbocycles. The maximum Gasteiger partial charge on any atom is 0.248 e. The van der Waals surface area contributed by atoms with E-state index in [1.54, 1.807) is 0 Å². The molecule has 0 bridgehead atoms. The molecule has 7 heteroatoms. The minimum absolute atomic E-state index is 0.206. The van der Waals surface area contributed by atoms with Crippen LogP contribution in [0.3, 0.4) is 0 Å². The number of nitrogens with one attached hydrogen (secondary N) is 1. The minimum atomic E-state index is -3.50. The van der Waals surface area contributed by atoms with E-state index < -0.39 is 15.9 Å². The van der Waals surface area contributed by atoms with Gasteiger partial charge in [0.15, 0.2) is 0 Å². The van der Waals surface area contributed by atoms with Crippen LogP contribution in [-0.4, -0.2) is 45.3 Å². The van der Waals surface area contributed by atoms with Crippen molar-refractivity contribution in [1.29, 1.82) is 0 Å². The van der Waals surface area contributed by atoms with Crippen molar-refractivity contribution in [2.24, 2.45) is 11.7 Å². The lowest BCUT2D eigenvalue weighted by molar-refractivity contribution is 0.1000. The van der Waals surface area contributed by atoms with E-state index in [1.165, 1.54) is 28.6 Å². The molecule has 3 N–H and O–H groups in total. The van der Waals surface area contributed by atoms with Crippen LogP contribution in [-0.2, 0) is 10.0 Å². The highest BCUT2D eigenvalue weighted by atomic mass is 32.2. The van der Waals surface area contributed by atoms with Crippen molar-refractivity contribution < 1.29 is 13.2 Å². The summed E-state index contributed by atoms with van der Waals surface area (Å²) in [5.41, 5.74) is 5.47. The van der Waals surface area contributed by atoms with Crippen LogP contribution in [0.15, 0.2) is 29.2 Å². The molecule has 1 heterocycles. The van der Waals surface area contributed by atoms with Crippen LogP contribution in [0.5, 0.6) is 0 Å². The summed E-state index contributed by atoms with van der Waals surface area (Å²) in [6.07, 6.45) is 1.90. The monoisotopic (exact) mass is 311 g/mol. The number of sulfonamides is 1. The predicted octanol–water partition coefficient (Wildman–Crippen LogP) is 0.406.